The third kappa shape index (κ3) is 311. The molecule has 0 aromatic heterocycles. The van der Waals surface area contributed by atoms with Crippen molar-refractivity contribution in [3.05, 3.63) is 26.7 Å². The zero-order valence-electron chi connectivity index (χ0n) is 22.2. The summed E-state index contributed by atoms with van der Waals surface area (Å²) in [5, 5.41) is 0. The smallest absolute Gasteiger partial charge is 0.154 e. The molecule has 0 rings (SSSR count). The zero-order chi connectivity index (χ0) is 20.7. The molecular weight excluding hydrogens is 1150 g/mol. The van der Waals surface area contributed by atoms with Gasteiger partial charge in [-0.2, -0.15) is 13.8 Å². The summed E-state index contributed by atoms with van der Waals surface area (Å²) in [5.74, 6) is 1.02. The molecule has 2 atom stereocenters. The molecule has 0 spiro atoms. The van der Waals surface area contributed by atoms with E-state index in [0.29, 0.717) is 11.8 Å². The van der Waals surface area contributed by atoms with Crippen molar-refractivity contribution in [1.82, 2.24) is 0 Å². The second kappa shape index (κ2) is 147. The third-order valence-electron chi connectivity index (χ3n) is 1.27. The summed E-state index contributed by atoms with van der Waals surface area (Å²) < 4.78 is 18.2. The second-order valence-corrected chi connectivity index (χ2v) is 4.50. The van der Waals surface area contributed by atoms with Crippen LogP contribution >= 0.6 is 16.9 Å². The number of hydrogen-bond acceptors (Lipinski definition) is 2. The van der Waals surface area contributed by atoms with E-state index in [4.69, 9.17) is 4.57 Å². The van der Waals surface area contributed by atoms with Gasteiger partial charge in [0.1, 0.15) is 0 Å². The van der Waals surface area contributed by atoms with Gasteiger partial charge in [0.25, 0.3) is 0 Å². The van der Waals surface area contributed by atoms with Crippen LogP contribution in [0, 0.1) is 38.5 Å². The minimum absolute atomic E-state index is 0. The molecule has 6 radical (unpaired) electrons. The van der Waals surface area contributed by atoms with Gasteiger partial charge in [-0.3, -0.25) is 9.13 Å². The van der Waals surface area contributed by atoms with Crippen molar-refractivity contribution in [3.8, 4) is 0 Å². The van der Waals surface area contributed by atoms with Gasteiger partial charge in [0.2, 0.25) is 0 Å². The molecule has 0 N–H and O–H groups in total. The molecule has 0 bridgehead atoms. The Hall–Kier alpha value is 7.16. The van der Waals surface area contributed by atoms with Crippen LogP contribution in [0.4, 0.5) is 0 Å². The summed E-state index contributed by atoms with van der Waals surface area (Å²) in [6.45, 7) is 30.9. The van der Waals surface area contributed by atoms with Gasteiger partial charge >= 0.3 is 0 Å². The van der Waals surface area contributed by atoms with E-state index in [2.05, 4.69) is 40.5 Å². The average molecular weight is 1190 g/mol. The van der Waals surface area contributed by atoms with Crippen LogP contribution in [-0.2, 0) is 219 Å². The Bertz CT molecular complexity index is 158. The van der Waals surface area contributed by atoms with Crippen LogP contribution in [0.15, 0.2) is 0 Å². The molecule has 0 saturated carbocycles. The maximum Gasteiger partial charge on any atom is 0.154 e. The molecule has 0 aromatic carbocycles. The summed E-state index contributed by atoms with van der Waals surface area (Å²) in [4.78, 5) is 0. The normalized spacial score (nSPS) is 7.16. The Morgan fingerprint density at radius 3 is 0.774 bits per heavy atom. The quantitative estimate of drug-likeness (QED) is 0.210. The minimum Gasteiger partial charge on any atom is -0.370 e. The van der Waals surface area contributed by atoms with Gasteiger partial charge in [0.15, 0.2) is 16.9 Å². The first-order valence-electron chi connectivity index (χ1n) is 8.63. The van der Waals surface area contributed by atoms with Crippen LogP contribution < -0.4 is 0 Å². The van der Waals surface area contributed by atoms with Gasteiger partial charge < -0.3 is 38.5 Å². The monoisotopic (exact) mass is 1190 g/mol. The molecule has 182 valence electrons. The fraction of sp³-hybridized carbons (Fsp3) is 0.789. The third-order valence-corrected chi connectivity index (χ3v) is 1.53. The first-order valence-corrected chi connectivity index (χ1v) is 10.9. The van der Waals surface area contributed by atoms with Crippen LogP contribution in [0.25, 0.3) is 0 Å². The van der Waals surface area contributed by atoms with Crippen molar-refractivity contribution >= 4 is 16.9 Å². The van der Waals surface area contributed by atoms with Crippen molar-refractivity contribution in [2.45, 2.75) is 76.2 Å². The van der Waals surface area contributed by atoms with Crippen molar-refractivity contribution in [2.24, 2.45) is 11.8 Å². The largest absolute Gasteiger partial charge is 0.370 e. The molecule has 31 heavy (non-hydrogen) atoms. The van der Waals surface area contributed by atoms with E-state index in [-0.39, 0.29) is 227 Å². The zero-order valence-corrected chi connectivity index (χ0v) is 44.0. The van der Waals surface area contributed by atoms with Crippen molar-refractivity contribution < 1.29 is 219 Å². The van der Waals surface area contributed by atoms with E-state index in [1.807, 2.05) is 62.3 Å². The standard InChI is InChI=1S/2C5H10.C2H5OP.3C2H6.CH3OP.2V.2W.4Y/c2*1-4-5(2)3;1-2-4-3;3*1-2;1-3-2;;;;;;;;/h2*4-5H,2H2,1,3H3;2H2,1H3;3*1-2H3;1H3;;;;;;;;/q2*-2;;;;;;;;;;;;;. The Morgan fingerprint density at radius 2 is 0.774 bits per heavy atom. The summed E-state index contributed by atoms with van der Waals surface area (Å²) >= 11 is 0. The molecule has 0 heterocycles. The Morgan fingerprint density at radius 1 is 0.710 bits per heavy atom. The molecule has 12 heteroatoms. The molecule has 0 fully saturated rings. The minimum atomic E-state index is 0. The summed E-state index contributed by atoms with van der Waals surface area (Å²) in [5.41, 5.74) is 0. The van der Waals surface area contributed by atoms with E-state index < -0.39 is 0 Å². The first kappa shape index (κ1) is 98.2. The fourth-order valence-electron chi connectivity index (χ4n) is 0. The van der Waals surface area contributed by atoms with E-state index in [1.54, 1.807) is 6.66 Å². The Labute approximate surface area is 356 Å². The van der Waals surface area contributed by atoms with E-state index in [9.17, 15) is 4.57 Å². The van der Waals surface area contributed by atoms with Crippen LogP contribution in [0.1, 0.15) is 76.2 Å². The van der Waals surface area contributed by atoms with Gasteiger partial charge in [-0.15, -0.1) is 13.8 Å². The molecule has 0 saturated heterocycles. The van der Waals surface area contributed by atoms with E-state index in [0.717, 1.165) is 6.16 Å². The van der Waals surface area contributed by atoms with Crippen molar-refractivity contribution in [3.63, 3.8) is 0 Å². The van der Waals surface area contributed by atoms with Gasteiger partial charge in [0.05, 0.1) is 0 Å². The van der Waals surface area contributed by atoms with Crippen molar-refractivity contribution in [1.29, 1.82) is 0 Å². The molecule has 2 unspecified atom stereocenters. The predicted molar refractivity (Wildman–Crippen MR) is 115 cm³/mol. The molecule has 2 nitrogen and oxygen atoms in total. The second-order valence-electron chi connectivity index (χ2n) is 3.25. The van der Waals surface area contributed by atoms with Crippen molar-refractivity contribution in [2.75, 3.05) is 12.8 Å². The average Bonchev–Trinajstić information content (AvgIpc) is 2.61. The van der Waals surface area contributed by atoms with Crippen LogP contribution in [0.3, 0.4) is 0 Å². The number of hydrogen-bond donors (Lipinski definition) is 0. The molecular formula is C19H46O2P2V2W2Y4-4. The summed E-state index contributed by atoms with van der Waals surface area (Å²) in [6, 6.07) is 0. The topological polar surface area (TPSA) is 34.1 Å². The molecule has 0 aliphatic carbocycles. The predicted octanol–water partition coefficient (Wildman–Crippen LogP) is 8.63. The molecule has 0 aliphatic heterocycles. The van der Waals surface area contributed by atoms with Crippen LogP contribution in [-0.4, -0.2) is 12.8 Å². The summed E-state index contributed by atoms with van der Waals surface area (Å²) in [6.07, 6.45) is 4.85. The van der Waals surface area contributed by atoms with Gasteiger partial charge in [-0.1, -0.05) is 48.5 Å². The fourth-order valence-corrected chi connectivity index (χ4v) is 0. The first-order chi connectivity index (χ1) is 10.9. The molecule has 0 amide bonds. The van der Waals surface area contributed by atoms with Gasteiger partial charge in [0, 0.05) is 223 Å². The summed E-state index contributed by atoms with van der Waals surface area (Å²) in [7, 11) is 0.415. The number of rotatable bonds is 3. The van der Waals surface area contributed by atoms with E-state index >= 15 is 0 Å². The molecule has 0 aromatic rings. The Kier molecular flexibility index (Phi) is 467. The van der Waals surface area contributed by atoms with Crippen LogP contribution in [0.5, 0.6) is 0 Å². The maximum atomic E-state index is 9.27. The van der Waals surface area contributed by atoms with Crippen LogP contribution in [0.2, 0.25) is 0 Å². The molecule has 0 aliphatic rings. The van der Waals surface area contributed by atoms with E-state index in [1.165, 1.54) is 0 Å². The SMILES string of the molecule is CC.CC.CC.CCP=O.CP=O.[CH2-]C(C)[CH-]C.[CH2-]C(C)[CH-]C.[V].[V].[W].[W].[Y].[Y].[Y].[Y]. The maximum absolute atomic E-state index is 9.27. The van der Waals surface area contributed by atoms with Gasteiger partial charge in [-0.05, 0) is 0 Å². The van der Waals surface area contributed by atoms with Gasteiger partial charge in [-0.25, -0.2) is 0 Å². The Balaban J connectivity index is -0.00000000731.